The maximum atomic E-state index is 13.7. The smallest absolute Gasteiger partial charge is 0.416 e. The number of fused-ring (bicyclic) bond motifs is 1. The molecule has 0 saturated carbocycles. The highest BCUT2D eigenvalue weighted by Gasteiger charge is 2.37. The van der Waals surface area contributed by atoms with Gasteiger partial charge < -0.3 is 14.6 Å². The highest BCUT2D eigenvalue weighted by atomic mass is 19.4. The number of carbonyl (C=O) groups is 2. The third-order valence-corrected chi connectivity index (χ3v) is 6.19. The van der Waals surface area contributed by atoms with Crippen molar-refractivity contribution in [2.24, 2.45) is 7.05 Å². The number of benzene rings is 2. The molecule has 0 aliphatic carbocycles. The Morgan fingerprint density at radius 3 is 2.05 bits per heavy atom. The van der Waals surface area contributed by atoms with E-state index in [1.165, 1.54) is 56.7 Å². The second kappa shape index (κ2) is 10.1. The van der Waals surface area contributed by atoms with Crippen LogP contribution in [0.4, 0.5) is 26.3 Å². The van der Waals surface area contributed by atoms with Crippen LogP contribution in [-0.4, -0.2) is 38.5 Å². The van der Waals surface area contributed by atoms with Crippen molar-refractivity contribution in [1.29, 1.82) is 0 Å². The molecule has 2 aromatic heterocycles. The van der Waals surface area contributed by atoms with Crippen LogP contribution in [-0.2, 0) is 25.9 Å². The number of carbonyl (C=O) groups excluding carboxylic acids is 1. The third-order valence-electron chi connectivity index (χ3n) is 6.19. The van der Waals surface area contributed by atoms with Gasteiger partial charge in [0, 0.05) is 37.8 Å². The van der Waals surface area contributed by atoms with Crippen LogP contribution in [0.3, 0.4) is 0 Å². The van der Waals surface area contributed by atoms with Crippen LogP contribution >= 0.6 is 0 Å². The zero-order valence-corrected chi connectivity index (χ0v) is 20.8. The number of hydrogen-bond acceptors (Lipinski definition) is 4. The Bertz CT molecular complexity index is 1660. The minimum absolute atomic E-state index is 0.00536. The van der Waals surface area contributed by atoms with Crippen LogP contribution in [0.2, 0.25) is 0 Å². The predicted octanol–water partition coefficient (Wildman–Crippen LogP) is 5.61. The van der Waals surface area contributed by atoms with Gasteiger partial charge in [0.15, 0.2) is 0 Å². The van der Waals surface area contributed by atoms with Crippen molar-refractivity contribution < 1.29 is 41.0 Å². The summed E-state index contributed by atoms with van der Waals surface area (Å²) in [5.41, 5.74) is -3.93. The zero-order chi connectivity index (χ0) is 29.6. The summed E-state index contributed by atoms with van der Waals surface area (Å²) in [6, 6.07) is 9.45. The third kappa shape index (κ3) is 5.40. The van der Waals surface area contributed by atoms with Crippen LogP contribution in [0.25, 0.3) is 22.0 Å². The molecular formula is C27H19F6N3O4. The number of aromatic nitrogens is 2. The molecule has 0 fully saturated rings. The van der Waals surface area contributed by atoms with Gasteiger partial charge in [0.2, 0.25) is 0 Å². The van der Waals surface area contributed by atoms with E-state index in [0.717, 1.165) is 9.47 Å². The molecule has 0 aliphatic rings. The summed E-state index contributed by atoms with van der Waals surface area (Å²) < 4.78 is 81.0. The Balaban J connectivity index is 1.87. The minimum Gasteiger partial charge on any atom is -0.478 e. The number of aromatic carboxylic acids is 1. The molecule has 0 radical (unpaired) electrons. The highest BCUT2D eigenvalue weighted by molar-refractivity contribution is 6.07. The van der Waals surface area contributed by atoms with Crippen LogP contribution < -0.4 is 5.56 Å². The van der Waals surface area contributed by atoms with E-state index >= 15 is 0 Å². The van der Waals surface area contributed by atoms with Gasteiger partial charge in [-0.15, -0.1) is 0 Å². The molecular weight excluding hydrogens is 544 g/mol. The van der Waals surface area contributed by atoms with Crippen LogP contribution in [0, 0.1) is 0 Å². The summed E-state index contributed by atoms with van der Waals surface area (Å²) in [5.74, 6) is -2.08. The molecule has 0 unspecified atom stereocenters. The summed E-state index contributed by atoms with van der Waals surface area (Å²) in [7, 11) is 2.45. The SMILES string of the molecule is CN(Cc1cc(C(F)(F)F)cc(C(F)(F)F)c1)C(=O)c1c(-c2ccc(C(=O)O)cc2)c2cccnc2c(=O)n1C. The van der Waals surface area contributed by atoms with Gasteiger partial charge in [-0.05, 0) is 47.5 Å². The minimum atomic E-state index is -5.07. The molecule has 0 spiro atoms. The molecule has 4 aromatic rings. The van der Waals surface area contributed by atoms with Crippen molar-refractivity contribution in [3.05, 3.63) is 99.1 Å². The molecule has 40 heavy (non-hydrogen) atoms. The highest BCUT2D eigenvalue weighted by Crippen LogP contribution is 2.37. The predicted molar refractivity (Wildman–Crippen MR) is 132 cm³/mol. The lowest BCUT2D eigenvalue weighted by Crippen LogP contribution is -2.33. The number of rotatable bonds is 5. The standard InChI is InChI=1S/C27H19F6N3O4/c1-35(13-14-10-17(26(28,29)30)12-18(11-14)27(31,32)33)24(38)22-20(15-5-7-16(8-6-15)25(39)40)19-4-3-9-34-21(19)23(37)36(22)2/h3-12H,13H2,1-2H3,(H,39,40). The molecule has 0 saturated heterocycles. The van der Waals surface area contributed by atoms with Crippen molar-refractivity contribution in [3.8, 4) is 11.1 Å². The summed E-state index contributed by atoms with van der Waals surface area (Å²) in [6.07, 6.45) is -8.77. The molecule has 0 atom stereocenters. The molecule has 4 rings (SSSR count). The van der Waals surface area contributed by atoms with Crippen molar-refractivity contribution in [3.63, 3.8) is 0 Å². The van der Waals surface area contributed by atoms with Gasteiger partial charge in [-0.1, -0.05) is 18.2 Å². The molecule has 0 aliphatic heterocycles. The monoisotopic (exact) mass is 563 g/mol. The average molecular weight is 563 g/mol. The molecule has 1 N–H and O–H groups in total. The summed E-state index contributed by atoms with van der Waals surface area (Å²) in [5, 5.41) is 9.48. The van der Waals surface area contributed by atoms with Crippen molar-refractivity contribution in [2.75, 3.05) is 7.05 Å². The summed E-state index contributed by atoms with van der Waals surface area (Å²) >= 11 is 0. The fourth-order valence-electron chi connectivity index (χ4n) is 4.29. The van der Waals surface area contributed by atoms with Gasteiger partial charge in [0.1, 0.15) is 11.2 Å². The Morgan fingerprint density at radius 1 is 0.950 bits per heavy atom. The van der Waals surface area contributed by atoms with E-state index in [1.54, 1.807) is 0 Å². The number of carboxylic acids is 1. The van der Waals surface area contributed by atoms with Gasteiger partial charge >= 0.3 is 18.3 Å². The van der Waals surface area contributed by atoms with Crippen molar-refractivity contribution >= 4 is 22.8 Å². The Labute approximate surface area is 221 Å². The second-order valence-electron chi connectivity index (χ2n) is 8.95. The molecule has 208 valence electrons. The number of nitrogens with zero attached hydrogens (tertiary/aromatic N) is 3. The fraction of sp³-hybridized carbons (Fsp3) is 0.185. The second-order valence-corrected chi connectivity index (χ2v) is 8.95. The van der Waals surface area contributed by atoms with Crippen LogP contribution in [0.1, 0.15) is 37.5 Å². The van der Waals surface area contributed by atoms with Gasteiger partial charge in [-0.2, -0.15) is 26.3 Å². The fourth-order valence-corrected chi connectivity index (χ4v) is 4.29. The quantitative estimate of drug-likeness (QED) is 0.319. The molecule has 2 aromatic carbocycles. The van der Waals surface area contributed by atoms with Crippen LogP contribution in [0.5, 0.6) is 0 Å². The Kier molecular flexibility index (Phi) is 7.18. The first kappa shape index (κ1) is 28.3. The number of carboxylic acid groups (broad SMARTS) is 1. The van der Waals surface area contributed by atoms with Gasteiger partial charge in [-0.25, -0.2) is 4.79 Å². The first-order valence-electron chi connectivity index (χ1n) is 11.4. The van der Waals surface area contributed by atoms with Gasteiger partial charge in [-0.3, -0.25) is 14.6 Å². The number of amides is 1. The molecule has 1 amide bonds. The van der Waals surface area contributed by atoms with E-state index in [9.17, 15) is 45.8 Å². The maximum Gasteiger partial charge on any atom is 0.416 e. The summed E-state index contributed by atoms with van der Waals surface area (Å²) in [4.78, 5) is 43.1. The van der Waals surface area contributed by atoms with E-state index in [0.29, 0.717) is 17.7 Å². The van der Waals surface area contributed by atoms with E-state index < -0.39 is 53.0 Å². The Hall–Kier alpha value is -4.68. The van der Waals surface area contributed by atoms with E-state index in [2.05, 4.69) is 4.98 Å². The molecule has 7 nitrogen and oxygen atoms in total. The van der Waals surface area contributed by atoms with E-state index in [-0.39, 0.29) is 33.8 Å². The van der Waals surface area contributed by atoms with Gasteiger partial charge in [0.25, 0.3) is 11.5 Å². The normalized spacial score (nSPS) is 12.0. The Morgan fingerprint density at radius 2 is 1.52 bits per heavy atom. The van der Waals surface area contributed by atoms with E-state index in [4.69, 9.17) is 0 Å². The number of hydrogen-bond donors (Lipinski definition) is 1. The molecule has 13 heteroatoms. The summed E-state index contributed by atoms with van der Waals surface area (Å²) in [6.45, 7) is -0.650. The average Bonchev–Trinajstić information content (AvgIpc) is 2.89. The molecule has 0 bridgehead atoms. The lowest BCUT2D eigenvalue weighted by atomic mass is 9.97. The first-order valence-corrected chi connectivity index (χ1v) is 11.4. The number of pyridine rings is 2. The van der Waals surface area contributed by atoms with Gasteiger partial charge in [0.05, 0.1) is 16.7 Å². The zero-order valence-electron chi connectivity index (χ0n) is 20.8. The molecule has 2 heterocycles. The largest absolute Gasteiger partial charge is 0.478 e. The van der Waals surface area contributed by atoms with Crippen molar-refractivity contribution in [1.82, 2.24) is 14.5 Å². The topological polar surface area (TPSA) is 92.5 Å². The first-order chi connectivity index (χ1) is 18.6. The number of alkyl halides is 6. The van der Waals surface area contributed by atoms with Crippen LogP contribution in [0.15, 0.2) is 65.6 Å². The van der Waals surface area contributed by atoms with E-state index in [1.807, 2.05) is 0 Å². The lowest BCUT2D eigenvalue weighted by molar-refractivity contribution is -0.143. The number of halogens is 6. The lowest BCUT2D eigenvalue weighted by Gasteiger charge is -2.23. The van der Waals surface area contributed by atoms with Crippen molar-refractivity contribution in [2.45, 2.75) is 18.9 Å². The maximum absolute atomic E-state index is 13.7.